The smallest absolute Gasteiger partial charge is 0.118 e. The lowest BCUT2D eigenvalue weighted by atomic mass is 10.2. The first-order valence-corrected chi connectivity index (χ1v) is 7.09. The second-order valence-corrected chi connectivity index (χ2v) is 4.62. The molecule has 0 heterocycles. The fourth-order valence-corrected chi connectivity index (χ4v) is 1.84. The lowest BCUT2D eigenvalue weighted by Crippen LogP contribution is -1.91. The third-order valence-corrected chi connectivity index (χ3v) is 3.07. The second kappa shape index (κ2) is 8.62. The molecule has 2 rings (SSSR count). The van der Waals surface area contributed by atoms with Gasteiger partial charge in [0.15, 0.2) is 0 Å². The summed E-state index contributed by atoms with van der Waals surface area (Å²) in [4.78, 5) is 8.71. The van der Waals surface area contributed by atoms with Crippen molar-refractivity contribution in [2.24, 2.45) is 9.98 Å². The van der Waals surface area contributed by atoms with Gasteiger partial charge in [-0.25, -0.2) is 0 Å². The first-order chi connectivity index (χ1) is 10.8. The zero-order chi connectivity index (χ0) is 15.6. The Kier molecular flexibility index (Phi) is 6.18. The van der Waals surface area contributed by atoms with Crippen LogP contribution in [-0.2, 0) is 0 Å². The normalized spacial score (nSPS) is 11.2. The summed E-state index contributed by atoms with van der Waals surface area (Å²) in [6.07, 6.45) is 3.70. The molecular formula is C18H20N2O2. The highest BCUT2D eigenvalue weighted by Gasteiger charge is 1.91. The van der Waals surface area contributed by atoms with Gasteiger partial charge >= 0.3 is 0 Å². The van der Waals surface area contributed by atoms with Crippen molar-refractivity contribution in [2.45, 2.75) is 0 Å². The summed E-state index contributed by atoms with van der Waals surface area (Å²) < 4.78 is 10.2. The minimum absolute atomic E-state index is 0.665. The van der Waals surface area contributed by atoms with Gasteiger partial charge in [0.1, 0.15) is 11.5 Å². The van der Waals surface area contributed by atoms with E-state index in [9.17, 15) is 0 Å². The third kappa shape index (κ3) is 5.05. The molecule has 2 aromatic carbocycles. The molecule has 0 radical (unpaired) electrons. The van der Waals surface area contributed by atoms with Crippen LogP contribution in [0, 0.1) is 0 Å². The SMILES string of the molecule is COc1ccc(/C=N/CC/N=C/c2ccc(OC)cc2)cc1. The zero-order valence-electron chi connectivity index (χ0n) is 12.9. The zero-order valence-corrected chi connectivity index (χ0v) is 12.9. The molecule has 0 bridgehead atoms. The molecule has 114 valence electrons. The molecule has 4 heteroatoms. The van der Waals surface area contributed by atoms with Crippen LogP contribution in [0.25, 0.3) is 0 Å². The highest BCUT2D eigenvalue weighted by atomic mass is 16.5. The van der Waals surface area contributed by atoms with Gasteiger partial charge in [0.2, 0.25) is 0 Å². The van der Waals surface area contributed by atoms with E-state index >= 15 is 0 Å². The molecule has 0 unspecified atom stereocenters. The van der Waals surface area contributed by atoms with E-state index in [1.54, 1.807) is 14.2 Å². The number of hydrogen-bond acceptors (Lipinski definition) is 4. The third-order valence-electron chi connectivity index (χ3n) is 3.07. The molecule has 22 heavy (non-hydrogen) atoms. The Bertz CT molecular complexity index is 559. The van der Waals surface area contributed by atoms with Gasteiger partial charge in [0.05, 0.1) is 27.3 Å². The quantitative estimate of drug-likeness (QED) is 0.581. The summed E-state index contributed by atoms with van der Waals surface area (Å²) in [6.45, 7) is 1.33. The molecule has 0 aliphatic heterocycles. The molecule has 0 aliphatic rings. The van der Waals surface area contributed by atoms with Crippen LogP contribution in [0.5, 0.6) is 11.5 Å². The van der Waals surface area contributed by atoms with E-state index < -0.39 is 0 Å². The number of benzene rings is 2. The molecule has 0 aromatic heterocycles. The van der Waals surface area contributed by atoms with Crippen LogP contribution in [0.3, 0.4) is 0 Å². The number of ether oxygens (including phenoxy) is 2. The minimum atomic E-state index is 0.665. The van der Waals surface area contributed by atoms with Gasteiger partial charge in [-0.05, 0) is 59.7 Å². The fourth-order valence-electron chi connectivity index (χ4n) is 1.84. The van der Waals surface area contributed by atoms with Crippen LogP contribution in [0.4, 0.5) is 0 Å². The number of methoxy groups -OCH3 is 2. The summed E-state index contributed by atoms with van der Waals surface area (Å²) in [5.41, 5.74) is 2.11. The van der Waals surface area contributed by atoms with Crippen LogP contribution in [0.1, 0.15) is 11.1 Å². The average molecular weight is 296 g/mol. The van der Waals surface area contributed by atoms with Crippen molar-refractivity contribution < 1.29 is 9.47 Å². The summed E-state index contributed by atoms with van der Waals surface area (Å²) in [5.74, 6) is 1.70. The number of rotatable bonds is 7. The lowest BCUT2D eigenvalue weighted by Gasteiger charge is -1.99. The molecule has 0 aliphatic carbocycles. The summed E-state index contributed by atoms with van der Waals surface area (Å²) in [7, 11) is 3.31. The molecule has 2 aromatic rings. The van der Waals surface area contributed by atoms with Crippen molar-refractivity contribution in [3.05, 3.63) is 59.7 Å². The van der Waals surface area contributed by atoms with Crippen molar-refractivity contribution in [3.8, 4) is 11.5 Å². The van der Waals surface area contributed by atoms with Crippen LogP contribution in [-0.4, -0.2) is 39.7 Å². The van der Waals surface area contributed by atoms with Crippen LogP contribution < -0.4 is 9.47 Å². The Labute approximate surface area is 131 Å². The van der Waals surface area contributed by atoms with E-state index in [0.29, 0.717) is 13.1 Å². The predicted octanol–water partition coefficient (Wildman–Crippen LogP) is 3.24. The Morgan fingerprint density at radius 3 is 1.36 bits per heavy atom. The van der Waals surface area contributed by atoms with Crippen molar-refractivity contribution in [3.63, 3.8) is 0 Å². The van der Waals surface area contributed by atoms with Gasteiger partial charge < -0.3 is 9.47 Å². The van der Waals surface area contributed by atoms with Crippen LogP contribution in [0.15, 0.2) is 58.5 Å². The van der Waals surface area contributed by atoms with Crippen molar-refractivity contribution in [2.75, 3.05) is 27.3 Å². The first kappa shape index (κ1) is 15.8. The Balaban J connectivity index is 1.75. The van der Waals surface area contributed by atoms with Gasteiger partial charge in [-0.15, -0.1) is 0 Å². The van der Waals surface area contributed by atoms with Gasteiger partial charge in [0.25, 0.3) is 0 Å². The summed E-state index contributed by atoms with van der Waals surface area (Å²) in [6, 6.07) is 15.6. The monoisotopic (exact) mass is 296 g/mol. The molecule has 0 atom stereocenters. The fraction of sp³-hybridized carbons (Fsp3) is 0.222. The predicted molar refractivity (Wildman–Crippen MR) is 90.9 cm³/mol. The van der Waals surface area contributed by atoms with Crippen molar-refractivity contribution in [1.82, 2.24) is 0 Å². The van der Waals surface area contributed by atoms with Crippen LogP contribution >= 0.6 is 0 Å². The van der Waals surface area contributed by atoms with Gasteiger partial charge in [0, 0.05) is 12.4 Å². The molecule has 4 nitrogen and oxygen atoms in total. The maximum absolute atomic E-state index is 5.11. The standard InChI is InChI=1S/C18H20N2O2/c1-21-17-7-3-15(4-8-17)13-19-11-12-20-14-16-5-9-18(22-2)10-6-16/h3-10,13-14H,11-12H2,1-2H3/b19-13+,20-14+. The molecule has 0 saturated heterocycles. The highest BCUT2D eigenvalue weighted by molar-refractivity contribution is 5.80. The van der Waals surface area contributed by atoms with E-state index in [1.807, 2.05) is 61.0 Å². The number of aliphatic imine (C=N–C) groups is 2. The Hall–Kier alpha value is -2.62. The van der Waals surface area contributed by atoms with Crippen molar-refractivity contribution >= 4 is 12.4 Å². The first-order valence-electron chi connectivity index (χ1n) is 7.09. The lowest BCUT2D eigenvalue weighted by molar-refractivity contribution is 0.414. The molecule has 0 amide bonds. The Morgan fingerprint density at radius 1 is 0.682 bits per heavy atom. The topological polar surface area (TPSA) is 43.2 Å². The van der Waals surface area contributed by atoms with Crippen LogP contribution in [0.2, 0.25) is 0 Å². The van der Waals surface area contributed by atoms with E-state index in [-0.39, 0.29) is 0 Å². The molecule has 0 saturated carbocycles. The second-order valence-electron chi connectivity index (χ2n) is 4.62. The summed E-state index contributed by atoms with van der Waals surface area (Å²) >= 11 is 0. The molecule has 0 N–H and O–H groups in total. The minimum Gasteiger partial charge on any atom is -0.497 e. The number of hydrogen-bond donors (Lipinski definition) is 0. The molecule has 0 spiro atoms. The van der Waals surface area contributed by atoms with E-state index in [1.165, 1.54) is 0 Å². The molecule has 0 fully saturated rings. The highest BCUT2D eigenvalue weighted by Crippen LogP contribution is 2.10. The average Bonchev–Trinajstić information content (AvgIpc) is 2.59. The Morgan fingerprint density at radius 2 is 1.05 bits per heavy atom. The molecular weight excluding hydrogens is 276 g/mol. The maximum Gasteiger partial charge on any atom is 0.118 e. The van der Waals surface area contributed by atoms with E-state index in [0.717, 1.165) is 22.6 Å². The van der Waals surface area contributed by atoms with Gasteiger partial charge in [-0.1, -0.05) is 0 Å². The van der Waals surface area contributed by atoms with E-state index in [2.05, 4.69) is 9.98 Å². The van der Waals surface area contributed by atoms with Crippen molar-refractivity contribution in [1.29, 1.82) is 0 Å². The van der Waals surface area contributed by atoms with Gasteiger partial charge in [-0.3, -0.25) is 9.98 Å². The number of nitrogens with zero attached hydrogens (tertiary/aromatic N) is 2. The van der Waals surface area contributed by atoms with Gasteiger partial charge in [-0.2, -0.15) is 0 Å². The summed E-state index contributed by atoms with van der Waals surface area (Å²) in [5, 5.41) is 0. The maximum atomic E-state index is 5.11. The largest absolute Gasteiger partial charge is 0.497 e. The van der Waals surface area contributed by atoms with E-state index in [4.69, 9.17) is 9.47 Å².